The Morgan fingerprint density at radius 3 is 2.82 bits per heavy atom. The molecule has 0 radical (unpaired) electrons. The third kappa shape index (κ3) is 2.56. The van der Waals surface area contributed by atoms with Crippen LogP contribution in [0.25, 0.3) is 10.8 Å². The highest BCUT2D eigenvalue weighted by Gasteiger charge is 2.03. The van der Waals surface area contributed by atoms with Gasteiger partial charge in [-0.05, 0) is 34.9 Å². The lowest BCUT2D eigenvalue weighted by atomic mass is 10.0. The molecule has 2 aromatic carbocycles. The highest BCUT2D eigenvalue weighted by molar-refractivity contribution is 5.87. The molecule has 0 aliphatic rings. The van der Waals surface area contributed by atoms with Gasteiger partial charge in [-0.2, -0.15) is 0 Å². The summed E-state index contributed by atoms with van der Waals surface area (Å²) >= 11 is 0. The van der Waals surface area contributed by atoms with Gasteiger partial charge >= 0.3 is 5.97 Å². The first-order valence-electron chi connectivity index (χ1n) is 5.57. The van der Waals surface area contributed by atoms with Gasteiger partial charge in [0.25, 0.3) is 0 Å². The summed E-state index contributed by atoms with van der Waals surface area (Å²) in [6.07, 6.45) is 0.979. The normalized spacial score (nSPS) is 10.4. The molecule has 0 bridgehead atoms. The lowest BCUT2D eigenvalue weighted by molar-refractivity contribution is -0.139. The molecule has 0 saturated carbocycles. The van der Waals surface area contributed by atoms with Crippen LogP contribution in [-0.4, -0.2) is 17.7 Å². The molecule has 0 fully saturated rings. The van der Waals surface area contributed by atoms with Crippen molar-refractivity contribution in [3.63, 3.8) is 0 Å². The standard InChI is InChI=1S/C14H14O3/c1-2-10-4-3-5-11-8-12(6-7-13(10)11)17-9-14(15)16/h3-8H,2,9H2,1H3,(H,15,16). The fourth-order valence-corrected chi connectivity index (χ4v) is 1.87. The smallest absolute Gasteiger partial charge is 0.341 e. The maximum atomic E-state index is 10.4. The SMILES string of the molecule is CCc1cccc2cc(OCC(=O)O)ccc12. The minimum absolute atomic E-state index is 0.307. The monoisotopic (exact) mass is 230 g/mol. The van der Waals surface area contributed by atoms with Crippen LogP contribution in [-0.2, 0) is 11.2 Å². The highest BCUT2D eigenvalue weighted by atomic mass is 16.5. The van der Waals surface area contributed by atoms with Crippen molar-refractivity contribution < 1.29 is 14.6 Å². The van der Waals surface area contributed by atoms with E-state index in [0.717, 1.165) is 11.8 Å². The number of ether oxygens (including phenoxy) is 1. The van der Waals surface area contributed by atoms with E-state index in [4.69, 9.17) is 9.84 Å². The average molecular weight is 230 g/mol. The molecule has 0 unspecified atom stereocenters. The maximum absolute atomic E-state index is 10.4. The second kappa shape index (κ2) is 4.87. The zero-order valence-electron chi connectivity index (χ0n) is 9.64. The van der Waals surface area contributed by atoms with Crippen molar-refractivity contribution in [2.24, 2.45) is 0 Å². The van der Waals surface area contributed by atoms with Crippen LogP contribution in [0.1, 0.15) is 12.5 Å². The second-order valence-electron chi connectivity index (χ2n) is 3.84. The van der Waals surface area contributed by atoms with Gasteiger partial charge in [-0.1, -0.05) is 31.2 Å². The van der Waals surface area contributed by atoms with E-state index < -0.39 is 5.97 Å². The highest BCUT2D eigenvalue weighted by Crippen LogP contribution is 2.24. The summed E-state index contributed by atoms with van der Waals surface area (Å²) in [7, 11) is 0. The zero-order chi connectivity index (χ0) is 12.3. The van der Waals surface area contributed by atoms with Crippen LogP contribution in [0.2, 0.25) is 0 Å². The van der Waals surface area contributed by atoms with Crippen LogP contribution >= 0.6 is 0 Å². The van der Waals surface area contributed by atoms with Gasteiger partial charge < -0.3 is 9.84 Å². The number of rotatable bonds is 4. The van der Waals surface area contributed by atoms with Crippen molar-refractivity contribution in [3.05, 3.63) is 42.0 Å². The molecule has 88 valence electrons. The molecule has 0 aliphatic carbocycles. The Morgan fingerprint density at radius 1 is 1.29 bits per heavy atom. The molecule has 0 aromatic heterocycles. The lowest BCUT2D eigenvalue weighted by Gasteiger charge is -2.07. The Balaban J connectivity index is 2.34. The van der Waals surface area contributed by atoms with Gasteiger partial charge in [0, 0.05) is 0 Å². The summed E-state index contributed by atoms with van der Waals surface area (Å²) in [6.45, 7) is 1.81. The quantitative estimate of drug-likeness (QED) is 0.878. The van der Waals surface area contributed by atoms with Gasteiger partial charge in [0.05, 0.1) is 0 Å². The fourth-order valence-electron chi connectivity index (χ4n) is 1.87. The molecule has 0 saturated heterocycles. The molecule has 3 heteroatoms. The maximum Gasteiger partial charge on any atom is 0.341 e. The number of aryl methyl sites for hydroxylation is 1. The van der Waals surface area contributed by atoms with Crippen LogP contribution in [0.4, 0.5) is 0 Å². The predicted octanol–water partition coefficient (Wildman–Crippen LogP) is 2.87. The number of fused-ring (bicyclic) bond motifs is 1. The van der Waals surface area contributed by atoms with Crippen LogP contribution in [0, 0.1) is 0 Å². The van der Waals surface area contributed by atoms with E-state index >= 15 is 0 Å². The van der Waals surface area contributed by atoms with E-state index in [-0.39, 0.29) is 6.61 Å². The Kier molecular flexibility index (Phi) is 3.28. The summed E-state index contributed by atoms with van der Waals surface area (Å²) in [6, 6.07) is 11.8. The first-order chi connectivity index (χ1) is 8.20. The number of benzene rings is 2. The molecular formula is C14H14O3. The average Bonchev–Trinajstić information content (AvgIpc) is 2.35. The van der Waals surface area contributed by atoms with Gasteiger partial charge in [0.2, 0.25) is 0 Å². The number of carboxylic acids is 1. The Bertz CT molecular complexity index is 546. The van der Waals surface area contributed by atoms with Crippen molar-refractivity contribution in [1.82, 2.24) is 0 Å². The number of aliphatic carboxylic acids is 1. The first-order valence-corrected chi connectivity index (χ1v) is 5.57. The summed E-state index contributed by atoms with van der Waals surface area (Å²) in [5, 5.41) is 10.8. The van der Waals surface area contributed by atoms with E-state index in [0.29, 0.717) is 5.75 Å². The van der Waals surface area contributed by atoms with Crippen molar-refractivity contribution in [2.45, 2.75) is 13.3 Å². The van der Waals surface area contributed by atoms with E-state index in [1.807, 2.05) is 30.3 Å². The summed E-state index contributed by atoms with van der Waals surface area (Å²) in [4.78, 5) is 10.4. The molecule has 0 aliphatic heterocycles. The van der Waals surface area contributed by atoms with Gasteiger partial charge in [0.1, 0.15) is 5.75 Å². The fraction of sp³-hybridized carbons (Fsp3) is 0.214. The van der Waals surface area contributed by atoms with Crippen molar-refractivity contribution in [1.29, 1.82) is 0 Å². The van der Waals surface area contributed by atoms with Crippen LogP contribution in [0.15, 0.2) is 36.4 Å². The third-order valence-corrected chi connectivity index (χ3v) is 2.69. The molecule has 17 heavy (non-hydrogen) atoms. The minimum atomic E-state index is -0.965. The molecule has 0 atom stereocenters. The lowest BCUT2D eigenvalue weighted by Crippen LogP contribution is -2.09. The largest absolute Gasteiger partial charge is 0.482 e. The van der Waals surface area contributed by atoms with Gasteiger partial charge in [0.15, 0.2) is 6.61 Å². The minimum Gasteiger partial charge on any atom is -0.482 e. The van der Waals surface area contributed by atoms with Gasteiger partial charge in [-0.15, -0.1) is 0 Å². The van der Waals surface area contributed by atoms with E-state index in [2.05, 4.69) is 13.0 Å². The summed E-state index contributed by atoms with van der Waals surface area (Å²) in [5.41, 5.74) is 1.28. The predicted molar refractivity (Wildman–Crippen MR) is 66.5 cm³/mol. The van der Waals surface area contributed by atoms with Gasteiger partial charge in [-0.25, -0.2) is 4.79 Å². The van der Waals surface area contributed by atoms with Crippen molar-refractivity contribution in [3.8, 4) is 5.75 Å². The molecule has 3 nitrogen and oxygen atoms in total. The first kappa shape index (κ1) is 11.5. The number of hydrogen-bond acceptors (Lipinski definition) is 2. The molecule has 0 spiro atoms. The Hall–Kier alpha value is -2.03. The molecule has 2 rings (SSSR count). The van der Waals surface area contributed by atoms with Crippen molar-refractivity contribution in [2.75, 3.05) is 6.61 Å². The third-order valence-electron chi connectivity index (χ3n) is 2.69. The van der Waals surface area contributed by atoms with E-state index in [1.54, 1.807) is 0 Å². The summed E-state index contributed by atoms with van der Waals surface area (Å²) < 4.78 is 5.15. The molecule has 2 aromatic rings. The molecular weight excluding hydrogens is 216 g/mol. The Labute approximate surface area is 99.6 Å². The molecule has 0 heterocycles. The van der Waals surface area contributed by atoms with Crippen LogP contribution < -0.4 is 4.74 Å². The molecule has 1 N–H and O–H groups in total. The van der Waals surface area contributed by atoms with Crippen LogP contribution in [0.5, 0.6) is 5.75 Å². The number of hydrogen-bond donors (Lipinski definition) is 1. The molecule has 0 amide bonds. The zero-order valence-corrected chi connectivity index (χ0v) is 9.64. The topological polar surface area (TPSA) is 46.5 Å². The van der Waals surface area contributed by atoms with Crippen molar-refractivity contribution >= 4 is 16.7 Å². The second-order valence-corrected chi connectivity index (χ2v) is 3.84. The van der Waals surface area contributed by atoms with E-state index in [1.165, 1.54) is 10.9 Å². The summed E-state index contributed by atoms with van der Waals surface area (Å²) in [5.74, 6) is -0.374. The van der Waals surface area contributed by atoms with Gasteiger partial charge in [-0.3, -0.25) is 0 Å². The number of carbonyl (C=O) groups is 1. The van der Waals surface area contributed by atoms with E-state index in [9.17, 15) is 4.79 Å². The number of carboxylic acid groups (broad SMARTS) is 1. The van der Waals surface area contributed by atoms with Crippen LogP contribution in [0.3, 0.4) is 0 Å². The Morgan fingerprint density at radius 2 is 2.12 bits per heavy atom.